The summed E-state index contributed by atoms with van der Waals surface area (Å²) in [7, 11) is 0. The molecule has 0 bridgehead atoms. The molecule has 0 radical (unpaired) electrons. The maximum Gasteiger partial charge on any atom is 0.326 e. The maximum absolute atomic E-state index is 10.7. The summed E-state index contributed by atoms with van der Waals surface area (Å²) < 4.78 is 0. The van der Waals surface area contributed by atoms with Gasteiger partial charge in [0.25, 0.3) is 0 Å². The fraction of sp³-hybridized carbons (Fsp3) is 0.385. The summed E-state index contributed by atoms with van der Waals surface area (Å²) in [6, 6.07) is 7.70. The van der Waals surface area contributed by atoms with Crippen LogP contribution in [0.3, 0.4) is 0 Å². The molecule has 2 aromatic rings. The summed E-state index contributed by atoms with van der Waals surface area (Å²) >= 11 is 3.06. The number of nitrogens with zero attached hydrogens (tertiary/aromatic N) is 3. The Hall–Kier alpha value is -1.44. The summed E-state index contributed by atoms with van der Waals surface area (Å²) in [5, 5.41) is 14.1. The van der Waals surface area contributed by atoms with Crippen molar-refractivity contribution in [3.05, 3.63) is 44.6 Å². The van der Waals surface area contributed by atoms with Crippen LogP contribution in [-0.4, -0.2) is 36.0 Å². The van der Waals surface area contributed by atoms with Crippen molar-refractivity contribution in [2.24, 2.45) is 0 Å². The molecule has 0 atom stereocenters. The molecule has 3 heterocycles. The minimum Gasteiger partial charge on any atom is -0.361 e. The number of anilines is 1. The summed E-state index contributed by atoms with van der Waals surface area (Å²) in [4.78, 5) is 16.5. The zero-order chi connectivity index (χ0) is 13.9. The third-order valence-corrected chi connectivity index (χ3v) is 5.36. The molecule has 0 aromatic carbocycles. The van der Waals surface area contributed by atoms with E-state index in [1.807, 2.05) is 6.07 Å². The molecule has 1 aliphatic rings. The van der Waals surface area contributed by atoms with Gasteiger partial charge in [0, 0.05) is 43.7 Å². The molecule has 1 saturated heterocycles. The Bertz CT molecular complexity index is 574. The fourth-order valence-corrected chi connectivity index (χ4v) is 3.95. The Balaban J connectivity index is 1.56. The quantitative estimate of drug-likeness (QED) is 0.643. The fourth-order valence-electron chi connectivity index (χ4n) is 2.34. The van der Waals surface area contributed by atoms with Gasteiger partial charge in [-0.3, -0.25) is 15.0 Å². The van der Waals surface area contributed by atoms with Crippen LogP contribution in [-0.2, 0) is 6.54 Å². The molecule has 20 heavy (non-hydrogen) atoms. The second-order valence-corrected chi connectivity index (χ2v) is 6.78. The summed E-state index contributed by atoms with van der Waals surface area (Å²) in [5.41, 5.74) is 0. The smallest absolute Gasteiger partial charge is 0.326 e. The first-order valence-corrected chi connectivity index (χ1v) is 8.16. The molecule has 2 aromatic heterocycles. The van der Waals surface area contributed by atoms with Gasteiger partial charge in [0.05, 0.1) is 9.92 Å². The average Bonchev–Trinajstić information content (AvgIpc) is 3.10. The second-order valence-electron chi connectivity index (χ2n) is 4.71. The van der Waals surface area contributed by atoms with Gasteiger partial charge in [0.2, 0.25) is 0 Å². The highest BCUT2D eigenvalue weighted by Crippen LogP contribution is 2.32. The molecular weight excluding hydrogens is 294 g/mol. The third-order valence-electron chi connectivity index (χ3n) is 3.40. The number of rotatable bonds is 4. The van der Waals surface area contributed by atoms with E-state index < -0.39 is 0 Å². The van der Waals surface area contributed by atoms with Crippen LogP contribution in [0.1, 0.15) is 4.88 Å². The highest BCUT2D eigenvalue weighted by molar-refractivity contribution is 7.19. The predicted molar refractivity (Wildman–Crippen MR) is 82.8 cm³/mol. The molecule has 1 aliphatic heterocycles. The molecule has 0 saturated carbocycles. The first-order chi connectivity index (χ1) is 9.72. The molecule has 0 amide bonds. The van der Waals surface area contributed by atoms with E-state index >= 15 is 0 Å². The molecule has 0 spiro atoms. The Morgan fingerprint density at radius 3 is 2.60 bits per heavy atom. The van der Waals surface area contributed by atoms with E-state index in [9.17, 15) is 10.1 Å². The molecular formula is C13H15N3O2S2. The van der Waals surface area contributed by atoms with Gasteiger partial charge in [0.1, 0.15) is 0 Å². The van der Waals surface area contributed by atoms with Crippen LogP contribution in [0.5, 0.6) is 0 Å². The average molecular weight is 309 g/mol. The van der Waals surface area contributed by atoms with E-state index in [1.165, 1.54) is 16.2 Å². The molecule has 0 unspecified atom stereocenters. The lowest BCUT2D eigenvalue weighted by molar-refractivity contribution is -0.380. The van der Waals surface area contributed by atoms with Gasteiger partial charge in [0.15, 0.2) is 0 Å². The van der Waals surface area contributed by atoms with E-state index in [0.717, 1.165) is 37.7 Å². The van der Waals surface area contributed by atoms with Crippen molar-refractivity contribution >= 4 is 32.7 Å². The van der Waals surface area contributed by atoms with Gasteiger partial charge in [-0.05, 0) is 28.8 Å². The number of thiophene rings is 2. The standard InChI is InChI=1S/C13H15N3O2S2/c17-16(18)13-4-3-12(20-13)15-7-5-14(6-8-15)10-11-2-1-9-19-11/h1-4,9H,5-8,10H2. The van der Waals surface area contributed by atoms with E-state index in [1.54, 1.807) is 17.4 Å². The molecule has 106 valence electrons. The third kappa shape index (κ3) is 3.00. The molecule has 5 nitrogen and oxygen atoms in total. The minimum atomic E-state index is -0.318. The molecule has 0 N–H and O–H groups in total. The first-order valence-electron chi connectivity index (χ1n) is 6.46. The number of hydrogen-bond acceptors (Lipinski definition) is 6. The Kier molecular flexibility index (Phi) is 4.00. The second kappa shape index (κ2) is 5.90. The SMILES string of the molecule is O=[N+]([O-])c1ccc(N2CCN(Cc3cccs3)CC2)s1. The van der Waals surface area contributed by atoms with Crippen LogP contribution in [0.4, 0.5) is 10.0 Å². The predicted octanol–water partition coefficient (Wildman–Crippen LogP) is 3.04. The minimum absolute atomic E-state index is 0.223. The van der Waals surface area contributed by atoms with Crippen molar-refractivity contribution in [3.8, 4) is 0 Å². The van der Waals surface area contributed by atoms with E-state index in [-0.39, 0.29) is 9.92 Å². The number of hydrogen-bond donors (Lipinski definition) is 0. The Labute approximate surface area is 125 Å². The molecule has 7 heteroatoms. The van der Waals surface area contributed by atoms with Crippen LogP contribution in [0, 0.1) is 10.1 Å². The summed E-state index contributed by atoms with van der Waals surface area (Å²) in [6.45, 7) is 4.88. The van der Waals surface area contributed by atoms with Gasteiger partial charge in [-0.25, -0.2) is 0 Å². The van der Waals surface area contributed by atoms with Crippen molar-refractivity contribution in [3.63, 3.8) is 0 Å². The summed E-state index contributed by atoms with van der Waals surface area (Å²) in [5.74, 6) is 0. The van der Waals surface area contributed by atoms with Gasteiger partial charge < -0.3 is 4.90 Å². The Morgan fingerprint density at radius 2 is 2.00 bits per heavy atom. The molecule has 0 aliphatic carbocycles. The van der Waals surface area contributed by atoms with Crippen LogP contribution < -0.4 is 4.90 Å². The van der Waals surface area contributed by atoms with Crippen molar-refractivity contribution in [2.75, 3.05) is 31.1 Å². The van der Waals surface area contributed by atoms with Crippen molar-refractivity contribution < 1.29 is 4.92 Å². The first kappa shape index (κ1) is 13.5. The monoisotopic (exact) mass is 309 g/mol. The highest BCUT2D eigenvalue weighted by atomic mass is 32.1. The van der Waals surface area contributed by atoms with Gasteiger partial charge in [-0.2, -0.15) is 0 Å². The molecule has 3 rings (SSSR count). The lowest BCUT2D eigenvalue weighted by atomic mass is 10.3. The normalized spacial score (nSPS) is 16.5. The van der Waals surface area contributed by atoms with Crippen LogP contribution in [0.15, 0.2) is 29.6 Å². The zero-order valence-corrected chi connectivity index (χ0v) is 12.5. The lowest BCUT2D eigenvalue weighted by Gasteiger charge is -2.34. The molecule has 1 fully saturated rings. The Morgan fingerprint density at radius 1 is 1.20 bits per heavy atom. The maximum atomic E-state index is 10.7. The van der Waals surface area contributed by atoms with Crippen molar-refractivity contribution in [1.29, 1.82) is 0 Å². The van der Waals surface area contributed by atoms with Gasteiger partial charge in [-0.1, -0.05) is 6.07 Å². The van der Waals surface area contributed by atoms with Crippen molar-refractivity contribution in [2.45, 2.75) is 6.54 Å². The zero-order valence-electron chi connectivity index (χ0n) is 10.9. The topological polar surface area (TPSA) is 49.6 Å². The van der Waals surface area contributed by atoms with Gasteiger partial charge >= 0.3 is 5.00 Å². The van der Waals surface area contributed by atoms with Crippen molar-refractivity contribution in [1.82, 2.24) is 4.90 Å². The number of piperazine rings is 1. The van der Waals surface area contributed by atoms with E-state index in [4.69, 9.17) is 0 Å². The largest absolute Gasteiger partial charge is 0.361 e. The van der Waals surface area contributed by atoms with E-state index in [0.29, 0.717) is 0 Å². The van der Waals surface area contributed by atoms with Crippen LogP contribution in [0.2, 0.25) is 0 Å². The van der Waals surface area contributed by atoms with Crippen LogP contribution in [0.25, 0.3) is 0 Å². The van der Waals surface area contributed by atoms with Gasteiger partial charge in [-0.15, -0.1) is 11.3 Å². The van der Waals surface area contributed by atoms with Crippen LogP contribution >= 0.6 is 22.7 Å². The van der Waals surface area contributed by atoms with E-state index in [2.05, 4.69) is 27.3 Å². The summed E-state index contributed by atoms with van der Waals surface area (Å²) in [6.07, 6.45) is 0. The lowest BCUT2D eigenvalue weighted by Crippen LogP contribution is -2.45. The highest BCUT2D eigenvalue weighted by Gasteiger charge is 2.20. The number of nitro groups is 1.